The zero-order valence-corrected chi connectivity index (χ0v) is 30.3. The average molecular weight is 642 g/mol. The standard InChI is InChI=1S/C39H79NO5/c1-3-5-7-9-11-13-15-17-18-20-22-24-26-28-36-45-38(43)30-32-40(33-35-42)39(44)37(31-34-41)29-27-25-23-21-19-16-14-12-10-8-6-4-2/h37-38,41-43H,3-36H2,1-2H3. The zero-order chi connectivity index (χ0) is 33.1. The van der Waals surface area contributed by atoms with Crippen LogP contribution in [0.5, 0.6) is 0 Å². The molecule has 0 aliphatic heterocycles. The van der Waals surface area contributed by atoms with E-state index in [1.165, 1.54) is 141 Å². The Morgan fingerprint density at radius 1 is 0.511 bits per heavy atom. The molecule has 0 aliphatic carbocycles. The Labute approximate surface area is 280 Å². The molecular formula is C39H79NO5. The Bertz CT molecular complexity index is 590. The van der Waals surface area contributed by atoms with Gasteiger partial charge in [0.05, 0.1) is 6.61 Å². The van der Waals surface area contributed by atoms with Crippen LogP contribution in [0.4, 0.5) is 0 Å². The number of unbranched alkanes of at least 4 members (excludes halogenated alkanes) is 24. The van der Waals surface area contributed by atoms with Gasteiger partial charge in [-0.2, -0.15) is 0 Å². The van der Waals surface area contributed by atoms with Gasteiger partial charge in [-0.15, -0.1) is 0 Å². The van der Waals surface area contributed by atoms with Gasteiger partial charge >= 0.3 is 0 Å². The molecule has 1 amide bonds. The highest BCUT2D eigenvalue weighted by Gasteiger charge is 2.24. The first-order chi connectivity index (χ1) is 22.1. The van der Waals surface area contributed by atoms with Crippen molar-refractivity contribution in [2.24, 2.45) is 5.92 Å². The van der Waals surface area contributed by atoms with Gasteiger partial charge in [-0.1, -0.05) is 174 Å². The van der Waals surface area contributed by atoms with E-state index in [2.05, 4.69) is 13.8 Å². The minimum absolute atomic E-state index is 0.00738. The van der Waals surface area contributed by atoms with E-state index >= 15 is 0 Å². The topological polar surface area (TPSA) is 90.2 Å². The van der Waals surface area contributed by atoms with Crippen molar-refractivity contribution in [3.63, 3.8) is 0 Å². The van der Waals surface area contributed by atoms with Crippen LogP contribution in [-0.4, -0.2) is 65.3 Å². The smallest absolute Gasteiger partial charge is 0.225 e. The van der Waals surface area contributed by atoms with E-state index in [-0.39, 0.29) is 31.6 Å². The number of rotatable bonds is 37. The monoisotopic (exact) mass is 642 g/mol. The number of hydrogen-bond acceptors (Lipinski definition) is 5. The van der Waals surface area contributed by atoms with Gasteiger partial charge in [0.15, 0.2) is 6.29 Å². The summed E-state index contributed by atoms with van der Waals surface area (Å²) in [6.45, 7) is 5.58. The number of aliphatic hydroxyl groups is 3. The van der Waals surface area contributed by atoms with Gasteiger partial charge in [0.1, 0.15) is 0 Å². The lowest BCUT2D eigenvalue weighted by atomic mass is 9.95. The van der Waals surface area contributed by atoms with E-state index in [4.69, 9.17) is 4.74 Å². The van der Waals surface area contributed by atoms with Crippen LogP contribution >= 0.6 is 0 Å². The summed E-state index contributed by atoms with van der Waals surface area (Å²) in [5.74, 6) is -0.237. The number of nitrogens with zero attached hydrogens (tertiary/aromatic N) is 1. The summed E-state index contributed by atoms with van der Waals surface area (Å²) < 4.78 is 5.63. The molecule has 0 aromatic heterocycles. The number of ether oxygens (including phenoxy) is 1. The molecule has 0 aromatic rings. The van der Waals surface area contributed by atoms with E-state index in [0.29, 0.717) is 26.0 Å². The summed E-state index contributed by atoms with van der Waals surface area (Å²) in [6, 6.07) is 0. The van der Waals surface area contributed by atoms with Crippen LogP contribution in [0.2, 0.25) is 0 Å². The Morgan fingerprint density at radius 3 is 1.31 bits per heavy atom. The van der Waals surface area contributed by atoms with Gasteiger partial charge in [-0.3, -0.25) is 4.79 Å². The first-order valence-electron chi connectivity index (χ1n) is 19.9. The van der Waals surface area contributed by atoms with Gasteiger partial charge in [0.25, 0.3) is 0 Å². The van der Waals surface area contributed by atoms with Gasteiger partial charge in [-0.25, -0.2) is 0 Å². The summed E-state index contributed by atoms with van der Waals surface area (Å²) in [7, 11) is 0. The van der Waals surface area contributed by atoms with Gasteiger partial charge in [0.2, 0.25) is 5.91 Å². The Balaban J connectivity index is 3.96. The molecule has 2 unspecified atom stereocenters. The summed E-state index contributed by atoms with van der Waals surface area (Å²) >= 11 is 0. The van der Waals surface area contributed by atoms with Crippen LogP contribution in [0.25, 0.3) is 0 Å². The Morgan fingerprint density at radius 2 is 0.911 bits per heavy atom. The zero-order valence-electron chi connectivity index (χ0n) is 30.3. The van der Waals surface area contributed by atoms with Gasteiger partial charge in [0, 0.05) is 38.6 Å². The van der Waals surface area contributed by atoms with Gasteiger partial charge in [-0.05, 0) is 19.3 Å². The highest BCUT2D eigenvalue weighted by molar-refractivity contribution is 5.78. The second-order valence-electron chi connectivity index (χ2n) is 13.6. The molecule has 6 nitrogen and oxygen atoms in total. The maximum Gasteiger partial charge on any atom is 0.225 e. The van der Waals surface area contributed by atoms with Crippen LogP contribution in [0.15, 0.2) is 0 Å². The highest BCUT2D eigenvalue weighted by Crippen LogP contribution is 2.19. The number of aliphatic hydroxyl groups excluding tert-OH is 3. The third kappa shape index (κ3) is 30.4. The van der Waals surface area contributed by atoms with E-state index in [0.717, 1.165) is 32.1 Å². The third-order valence-corrected chi connectivity index (χ3v) is 9.37. The lowest BCUT2D eigenvalue weighted by Gasteiger charge is -2.27. The van der Waals surface area contributed by atoms with E-state index in [1.807, 2.05) is 0 Å². The van der Waals surface area contributed by atoms with Crippen LogP contribution in [0.3, 0.4) is 0 Å². The Kier molecular flexibility index (Phi) is 35.6. The van der Waals surface area contributed by atoms with E-state index < -0.39 is 6.29 Å². The minimum Gasteiger partial charge on any atom is -0.396 e. The fourth-order valence-electron chi connectivity index (χ4n) is 6.36. The molecule has 0 saturated carbocycles. The molecule has 6 heteroatoms. The van der Waals surface area contributed by atoms with Crippen LogP contribution < -0.4 is 0 Å². The first-order valence-corrected chi connectivity index (χ1v) is 19.9. The quantitative estimate of drug-likeness (QED) is 0.0464. The maximum atomic E-state index is 13.3. The molecule has 0 heterocycles. The minimum atomic E-state index is -0.895. The van der Waals surface area contributed by atoms with E-state index in [1.54, 1.807) is 4.90 Å². The molecular weight excluding hydrogens is 562 g/mol. The van der Waals surface area contributed by atoms with Crippen LogP contribution in [0, 0.1) is 5.92 Å². The van der Waals surface area contributed by atoms with Crippen molar-refractivity contribution in [2.75, 3.05) is 32.9 Å². The van der Waals surface area contributed by atoms with Crippen molar-refractivity contribution in [1.82, 2.24) is 4.90 Å². The molecule has 0 aromatic carbocycles. The summed E-state index contributed by atoms with van der Waals surface area (Å²) in [5, 5.41) is 29.5. The maximum absolute atomic E-state index is 13.3. The molecule has 3 N–H and O–H groups in total. The predicted molar refractivity (Wildman–Crippen MR) is 191 cm³/mol. The van der Waals surface area contributed by atoms with Crippen LogP contribution in [0.1, 0.15) is 200 Å². The fourth-order valence-corrected chi connectivity index (χ4v) is 6.36. The molecule has 45 heavy (non-hydrogen) atoms. The molecule has 0 spiro atoms. The molecule has 0 radical (unpaired) electrons. The lowest BCUT2D eigenvalue weighted by molar-refractivity contribution is -0.140. The number of carbonyl (C=O) groups is 1. The number of hydrogen-bond donors (Lipinski definition) is 3. The second-order valence-corrected chi connectivity index (χ2v) is 13.6. The normalized spacial score (nSPS) is 12.9. The lowest BCUT2D eigenvalue weighted by Crippen LogP contribution is -2.40. The molecule has 2 atom stereocenters. The number of carbonyl (C=O) groups excluding carboxylic acids is 1. The van der Waals surface area contributed by atoms with Crippen molar-refractivity contribution >= 4 is 5.91 Å². The van der Waals surface area contributed by atoms with Crippen molar-refractivity contribution < 1.29 is 24.9 Å². The molecule has 270 valence electrons. The second kappa shape index (κ2) is 36.2. The molecule has 0 saturated heterocycles. The van der Waals surface area contributed by atoms with Crippen molar-refractivity contribution in [3.05, 3.63) is 0 Å². The fraction of sp³-hybridized carbons (Fsp3) is 0.974. The molecule has 0 fully saturated rings. The molecule has 0 rings (SSSR count). The van der Waals surface area contributed by atoms with Crippen molar-refractivity contribution in [2.45, 2.75) is 206 Å². The number of amides is 1. The molecule has 0 aliphatic rings. The Hall–Kier alpha value is -0.690. The SMILES string of the molecule is CCCCCCCCCCCCCCCCOC(O)CCN(CCO)C(=O)C(CCO)CCCCCCCCCCCCCC. The van der Waals surface area contributed by atoms with Crippen molar-refractivity contribution in [1.29, 1.82) is 0 Å². The summed E-state index contributed by atoms with van der Waals surface area (Å²) in [6.07, 6.45) is 34.4. The van der Waals surface area contributed by atoms with Crippen molar-refractivity contribution in [3.8, 4) is 0 Å². The third-order valence-electron chi connectivity index (χ3n) is 9.37. The predicted octanol–water partition coefficient (Wildman–Crippen LogP) is 10.1. The van der Waals surface area contributed by atoms with Gasteiger partial charge < -0.3 is 25.0 Å². The largest absolute Gasteiger partial charge is 0.396 e. The average Bonchev–Trinajstić information content (AvgIpc) is 3.04. The summed E-state index contributed by atoms with van der Waals surface area (Å²) in [5.41, 5.74) is 0. The summed E-state index contributed by atoms with van der Waals surface area (Å²) in [4.78, 5) is 14.9. The highest BCUT2D eigenvalue weighted by atomic mass is 16.6. The van der Waals surface area contributed by atoms with E-state index in [9.17, 15) is 20.1 Å². The first kappa shape index (κ1) is 44.3. The van der Waals surface area contributed by atoms with Crippen LogP contribution in [-0.2, 0) is 9.53 Å². The molecule has 0 bridgehead atoms.